The van der Waals surface area contributed by atoms with Gasteiger partial charge in [0.15, 0.2) is 17.4 Å². The summed E-state index contributed by atoms with van der Waals surface area (Å²) in [6.45, 7) is -0.700. The minimum Gasteiger partial charge on any atom is -0.503 e. The first-order valence-electron chi connectivity index (χ1n) is 4.71. The molecule has 0 fully saturated rings. The first kappa shape index (κ1) is 12.2. The zero-order valence-corrected chi connectivity index (χ0v) is 8.68. The third-order valence-electron chi connectivity index (χ3n) is 2.38. The summed E-state index contributed by atoms with van der Waals surface area (Å²) in [5.41, 5.74) is -1.67. The summed E-state index contributed by atoms with van der Waals surface area (Å²) in [4.78, 5) is 13.3. The highest BCUT2D eigenvalue weighted by molar-refractivity contribution is 5.33. The Labute approximate surface area is 97.1 Å². The van der Waals surface area contributed by atoms with Gasteiger partial charge in [0.2, 0.25) is 11.6 Å². The number of aromatic hydroxyl groups is 1. The minimum atomic E-state index is -1.90. The first-order chi connectivity index (χ1) is 8.43. The molecule has 2 N–H and O–H groups in total. The zero-order valence-electron chi connectivity index (χ0n) is 8.68. The molecule has 0 aliphatic heterocycles. The van der Waals surface area contributed by atoms with Crippen LogP contribution in [-0.2, 0) is 6.54 Å². The third kappa shape index (κ3) is 1.75. The average Bonchev–Trinajstić information content (AvgIpc) is 2.75. The fourth-order valence-corrected chi connectivity index (χ4v) is 1.45. The largest absolute Gasteiger partial charge is 0.503 e. The highest BCUT2D eigenvalue weighted by atomic mass is 19.2. The number of halogens is 4. The van der Waals surface area contributed by atoms with Crippen LogP contribution < -0.4 is 5.69 Å². The quantitative estimate of drug-likeness (QED) is 0.636. The van der Waals surface area contributed by atoms with E-state index in [0.717, 1.165) is 10.8 Å². The maximum Gasteiger partial charge on any atom is 0.325 e. The van der Waals surface area contributed by atoms with E-state index in [4.69, 9.17) is 5.11 Å². The Hall–Kier alpha value is -2.25. The molecule has 0 amide bonds. The monoisotopic (exact) mass is 262 g/mol. The minimum absolute atomic E-state index is 0.692. The fraction of sp³-hybridized carbons (Fsp3) is 0.100. The Balaban J connectivity index is 2.59. The van der Waals surface area contributed by atoms with Crippen molar-refractivity contribution in [3.63, 3.8) is 0 Å². The summed E-state index contributed by atoms with van der Waals surface area (Å²) in [5, 5.41) is 8.77. The van der Waals surface area contributed by atoms with Gasteiger partial charge in [-0.05, 0) is 0 Å². The second-order valence-corrected chi connectivity index (χ2v) is 3.48. The van der Waals surface area contributed by atoms with Crippen LogP contribution in [-0.4, -0.2) is 14.7 Å². The van der Waals surface area contributed by atoms with Gasteiger partial charge in [-0.15, -0.1) is 0 Å². The number of aromatic nitrogens is 2. The van der Waals surface area contributed by atoms with E-state index in [1.807, 2.05) is 0 Å². The van der Waals surface area contributed by atoms with Crippen LogP contribution in [0.4, 0.5) is 17.6 Å². The zero-order chi connectivity index (χ0) is 13.4. The van der Waals surface area contributed by atoms with Crippen LogP contribution >= 0.6 is 0 Å². The second kappa shape index (κ2) is 4.21. The van der Waals surface area contributed by atoms with Crippen LogP contribution in [0.5, 0.6) is 5.75 Å². The van der Waals surface area contributed by atoms with E-state index in [1.165, 1.54) is 6.20 Å². The molecule has 8 heteroatoms. The van der Waals surface area contributed by atoms with Gasteiger partial charge in [-0.25, -0.2) is 13.6 Å². The summed E-state index contributed by atoms with van der Waals surface area (Å²) in [5.74, 6) is -8.99. The molecule has 0 aliphatic rings. The number of phenols is 1. The maximum atomic E-state index is 13.4. The first-order valence-corrected chi connectivity index (χ1v) is 4.71. The molecule has 1 aromatic heterocycles. The highest BCUT2D eigenvalue weighted by Gasteiger charge is 2.25. The van der Waals surface area contributed by atoms with E-state index in [9.17, 15) is 22.4 Å². The molecule has 4 nitrogen and oxygen atoms in total. The molecule has 0 unspecified atom stereocenters. The van der Waals surface area contributed by atoms with Gasteiger partial charge in [-0.3, -0.25) is 4.57 Å². The molecule has 2 rings (SSSR count). The molecule has 0 radical (unpaired) electrons. The molecule has 1 aromatic carbocycles. The number of hydrogen-bond acceptors (Lipinski definition) is 2. The van der Waals surface area contributed by atoms with Crippen molar-refractivity contribution < 1.29 is 22.7 Å². The molecule has 0 aliphatic carbocycles. The SMILES string of the molecule is O=c1[nH]ccn1Cc1c(F)c(F)c(O)c(F)c1F. The number of aromatic amines is 1. The maximum absolute atomic E-state index is 13.4. The third-order valence-corrected chi connectivity index (χ3v) is 2.38. The molecule has 0 saturated carbocycles. The molecule has 0 spiro atoms. The lowest BCUT2D eigenvalue weighted by Crippen LogP contribution is -2.19. The van der Waals surface area contributed by atoms with E-state index < -0.39 is 46.8 Å². The summed E-state index contributed by atoms with van der Waals surface area (Å²) in [7, 11) is 0. The van der Waals surface area contributed by atoms with E-state index >= 15 is 0 Å². The molecule has 0 saturated heterocycles. The number of H-pyrrole nitrogens is 1. The van der Waals surface area contributed by atoms with Crippen LogP contribution in [0.15, 0.2) is 17.2 Å². The van der Waals surface area contributed by atoms with Gasteiger partial charge >= 0.3 is 5.69 Å². The van der Waals surface area contributed by atoms with Crippen molar-refractivity contribution in [3.05, 3.63) is 51.7 Å². The normalized spacial score (nSPS) is 10.9. The van der Waals surface area contributed by atoms with Crippen LogP contribution in [0.25, 0.3) is 0 Å². The molecule has 0 atom stereocenters. The van der Waals surface area contributed by atoms with E-state index in [2.05, 4.69) is 4.98 Å². The van der Waals surface area contributed by atoms with E-state index in [0.29, 0.717) is 0 Å². The van der Waals surface area contributed by atoms with Crippen molar-refractivity contribution >= 4 is 0 Å². The summed E-state index contributed by atoms with van der Waals surface area (Å²) in [6.07, 6.45) is 2.36. The number of benzene rings is 1. The van der Waals surface area contributed by atoms with Gasteiger partial charge in [-0.1, -0.05) is 0 Å². The van der Waals surface area contributed by atoms with Crippen LogP contribution in [0.3, 0.4) is 0 Å². The van der Waals surface area contributed by atoms with Crippen LogP contribution in [0, 0.1) is 23.3 Å². The molecule has 2 aromatic rings. The number of nitrogens with one attached hydrogen (secondary N) is 1. The Morgan fingerprint density at radius 1 is 1.11 bits per heavy atom. The Kier molecular flexibility index (Phi) is 2.85. The fourth-order valence-electron chi connectivity index (χ4n) is 1.45. The Morgan fingerprint density at radius 3 is 2.11 bits per heavy atom. The lowest BCUT2D eigenvalue weighted by molar-refractivity contribution is 0.349. The van der Waals surface area contributed by atoms with Crippen molar-refractivity contribution in [2.75, 3.05) is 0 Å². The Bertz CT molecular complexity index is 633. The van der Waals surface area contributed by atoms with Gasteiger partial charge in [0, 0.05) is 18.0 Å². The average molecular weight is 262 g/mol. The number of rotatable bonds is 2. The van der Waals surface area contributed by atoms with Crippen molar-refractivity contribution in [1.29, 1.82) is 0 Å². The number of hydrogen-bond donors (Lipinski definition) is 2. The van der Waals surface area contributed by atoms with Crippen molar-refractivity contribution in [2.45, 2.75) is 6.54 Å². The number of nitrogens with zero attached hydrogens (tertiary/aromatic N) is 1. The second-order valence-electron chi connectivity index (χ2n) is 3.48. The number of imidazole rings is 1. The van der Waals surface area contributed by atoms with E-state index in [1.54, 1.807) is 0 Å². The van der Waals surface area contributed by atoms with Gasteiger partial charge in [0.05, 0.1) is 6.54 Å². The summed E-state index contributed by atoms with van der Waals surface area (Å²) < 4.78 is 53.6. The molecule has 96 valence electrons. The van der Waals surface area contributed by atoms with E-state index in [-0.39, 0.29) is 0 Å². The van der Waals surface area contributed by atoms with Gasteiger partial charge in [0.25, 0.3) is 0 Å². The molecule has 18 heavy (non-hydrogen) atoms. The lowest BCUT2D eigenvalue weighted by Gasteiger charge is -2.08. The van der Waals surface area contributed by atoms with Gasteiger partial charge < -0.3 is 10.1 Å². The predicted octanol–water partition coefficient (Wildman–Crippen LogP) is 1.49. The topological polar surface area (TPSA) is 58.0 Å². The van der Waals surface area contributed by atoms with Gasteiger partial charge in [-0.2, -0.15) is 8.78 Å². The number of phenolic OH excluding ortho intramolecular Hbond substituents is 1. The molecule has 0 bridgehead atoms. The van der Waals surface area contributed by atoms with Crippen molar-refractivity contribution in [1.82, 2.24) is 9.55 Å². The lowest BCUT2D eigenvalue weighted by atomic mass is 10.1. The Morgan fingerprint density at radius 2 is 1.67 bits per heavy atom. The molecular formula is C10H6F4N2O2. The van der Waals surface area contributed by atoms with Crippen LogP contribution in [0.1, 0.15) is 5.56 Å². The highest BCUT2D eigenvalue weighted by Crippen LogP contribution is 2.28. The smallest absolute Gasteiger partial charge is 0.325 e. The summed E-state index contributed by atoms with van der Waals surface area (Å²) in [6, 6.07) is 0. The van der Waals surface area contributed by atoms with Crippen LogP contribution in [0.2, 0.25) is 0 Å². The summed E-state index contributed by atoms with van der Waals surface area (Å²) >= 11 is 0. The van der Waals surface area contributed by atoms with Crippen molar-refractivity contribution in [3.8, 4) is 5.75 Å². The van der Waals surface area contributed by atoms with Crippen molar-refractivity contribution in [2.24, 2.45) is 0 Å². The molecule has 1 heterocycles. The molecular weight excluding hydrogens is 256 g/mol. The predicted molar refractivity (Wildman–Crippen MR) is 52.1 cm³/mol. The van der Waals surface area contributed by atoms with Gasteiger partial charge in [0.1, 0.15) is 0 Å². The standard InChI is InChI=1S/C10H6F4N2O2/c11-5-4(3-16-2-1-15-10(16)18)6(12)8(14)9(17)7(5)13/h1-2,17H,3H2,(H,15,18).